The molecular weight excluding hydrogens is 368 g/mol. The van der Waals surface area contributed by atoms with Crippen LogP contribution >= 0.6 is 11.8 Å². The lowest BCUT2D eigenvalue weighted by Gasteiger charge is -2.43. The topological polar surface area (TPSA) is 74.2 Å². The second-order valence-electron chi connectivity index (χ2n) is 6.15. The molecule has 2 rings (SSSR count). The maximum Gasteiger partial charge on any atom is 0.303 e. The average molecular weight is 397 g/mol. The van der Waals surface area contributed by atoms with Gasteiger partial charge in [0, 0.05) is 6.92 Å². The predicted molar refractivity (Wildman–Crippen MR) is 104 cm³/mol. The van der Waals surface area contributed by atoms with E-state index in [0.29, 0.717) is 6.61 Å². The van der Waals surface area contributed by atoms with E-state index in [9.17, 15) is 9.90 Å². The molecule has 0 spiro atoms. The number of hydrogen-bond acceptors (Lipinski definition) is 7. The SMILES string of the molecule is C=CCO[C@H]1[C@H](O)[C@@H](COCc2ccccc2)O[C@H](SCC)[C@H]1OC(C)=O. The first-order valence-electron chi connectivity index (χ1n) is 9.03. The molecule has 1 aliphatic rings. The summed E-state index contributed by atoms with van der Waals surface area (Å²) in [5, 5.41) is 10.8. The molecule has 7 heteroatoms. The highest BCUT2D eigenvalue weighted by molar-refractivity contribution is 7.99. The molecule has 0 saturated carbocycles. The van der Waals surface area contributed by atoms with Crippen LogP contribution in [0.5, 0.6) is 0 Å². The molecule has 1 aliphatic heterocycles. The summed E-state index contributed by atoms with van der Waals surface area (Å²) >= 11 is 1.50. The molecular formula is C20H28O6S. The Morgan fingerprint density at radius 2 is 2.07 bits per heavy atom. The lowest BCUT2D eigenvalue weighted by Crippen LogP contribution is -2.60. The van der Waals surface area contributed by atoms with Crippen LogP contribution in [0.3, 0.4) is 0 Å². The summed E-state index contributed by atoms with van der Waals surface area (Å²) in [5.41, 5.74) is 0.599. The fraction of sp³-hybridized carbons (Fsp3) is 0.550. The van der Waals surface area contributed by atoms with Gasteiger partial charge in [-0.05, 0) is 11.3 Å². The molecule has 1 aromatic rings. The summed E-state index contributed by atoms with van der Waals surface area (Å²) in [5.74, 6) is 0.327. The highest BCUT2D eigenvalue weighted by atomic mass is 32.2. The number of hydrogen-bond donors (Lipinski definition) is 1. The van der Waals surface area contributed by atoms with Crippen molar-refractivity contribution in [3.8, 4) is 0 Å². The van der Waals surface area contributed by atoms with Crippen molar-refractivity contribution in [1.29, 1.82) is 0 Å². The molecule has 0 bridgehead atoms. The van der Waals surface area contributed by atoms with Crippen molar-refractivity contribution in [3.63, 3.8) is 0 Å². The average Bonchev–Trinajstić information content (AvgIpc) is 2.65. The van der Waals surface area contributed by atoms with Gasteiger partial charge < -0.3 is 24.1 Å². The zero-order valence-electron chi connectivity index (χ0n) is 15.8. The fourth-order valence-corrected chi connectivity index (χ4v) is 3.83. The van der Waals surface area contributed by atoms with Gasteiger partial charge in [-0.3, -0.25) is 4.79 Å². The number of carbonyl (C=O) groups excluding carboxylic acids is 1. The summed E-state index contributed by atoms with van der Waals surface area (Å²) < 4.78 is 22.9. The van der Waals surface area contributed by atoms with Crippen LogP contribution in [-0.4, -0.2) is 59.9 Å². The number of rotatable bonds is 10. The van der Waals surface area contributed by atoms with Gasteiger partial charge >= 0.3 is 5.97 Å². The van der Waals surface area contributed by atoms with Gasteiger partial charge in [0.25, 0.3) is 0 Å². The molecule has 0 aromatic heterocycles. The Bertz CT molecular complexity index is 581. The number of aliphatic hydroxyl groups excluding tert-OH is 1. The van der Waals surface area contributed by atoms with Crippen LogP contribution in [0.25, 0.3) is 0 Å². The second kappa shape index (κ2) is 11.5. The number of esters is 1. The van der Waals surface area contributed by atoms with Crippen molar-refractivity contribution >= 4 is 17.7 Å². The summed E-state index contributed by atoms with van der Waals surface area (Å²) in [6, 6.07) is 9.78. The van der Waals surface area contributed by atoms with Crippen LogP contribution < -0.4 is 0 Å². The van der Waals surface area contributed by atoms with Gasteiger partial charge in [-0.25, -0.2) is 0 Å². The number of thioether (sulfide) groups is 1. The van der Waals surface area contributed by atoms with E-state index in [1.54, 1.807) is 6.08 Å². The van der Waals surface area contributed by atoms with Crippen molar-refractivity contribution in [3.05, 3.63) is 48.6 Å². The predicted octanol–water partition coefficient (Wildman–Crippen LogP) is 2.55. The molecule has 150 valence electrons. The Hall–Kier alpha value is -1.38. The zero-order valence-corrected chi connectivity index (χ0v) is 16.6. The van der Waals surface area contributed by atoms with Gasteiger partial charge in [-0.15, -0.1) is 18.3 Å². The standard InChI is InChI=1S/C20H28O6S/c1-4-11-24-18-17(22)16(13-23-12-15-9-7-6-8-10-15)26-20(27-5-2)19(18)25-14(3)21/h4,6-10,16-20,22H,1,5,11-13H2,2-3H3/t16-,17-,18+,19+,20-/m1/s1. The van der Waals surface area contributed by atoms with Crippen molar-refractivity contribution in [1.82, 2.24) is 0 Å². The van der Waals surface area contributed by atoms with Crippen LogP contribution in [-0.2, 0) is 30.3 Å². The Labute approximate surface area is 164 Å². The number of benzene rings is 1. The van der Waals surface area contributed by atoms with Gasteiger partial charge in [0.2, 0.25) is 0 Å². The highest BCUT2D eigenvalue weighted by Gasteiger charge is 2.48. The lowest BCUT2D eigenvalue weighted by atomic mass is 9.99. The van der Waals surface area contributed by atoms with Gasteiger partial charge in [0.05, 0.1) is 19.8 Å². The third-order valence-corrected chi connectivity index (χ3v) is 5.09. The quantitative estimate of drug-likeness (QED) is 0.481. The summed E-state index contributed by atoms with van der Waals surface area (Å²) in [4.78, 5) is 11.5. The van der Waals surface area contributed by atoms with E-state index in [1.807, 2.05) is 37.3 Å². The van der Waals surface area contributed by atoms with E-state index in [4.69, 9.17) is 18.9 Å². The minimum absolute atomic E-state index is 0.206. The van der Waals surface area contributed by atoms with E-state index in [1.165, 1.54) is 18.7 Å². The first kappa shape index (κ1) is 21.9. The minimum atomic E-state index is -0.987. The minimum Gasteiger partial charge on any atom is -0.456 e. The maximum atomic E-state index is 11.5. The number of ether oxygens (including phenoxy) is 4. The Morgan fingerprint density at radius 3 is 2.70 bits per heavy atom. The number of carbonyl (C=O) groups is 1. The fourth-order valence-electron chi connectivity index (χ4n) is 2.88. The summed E-state index contributed by atoms with van der Waals surface area (Å²) in [6.07, 6.45) is -1.39. The van der Waals surface area contributed by atoms with Crippen LogP contribution in [0.4, 0.5) is 0 Å². The van der Waals surface area contributed by atoms with Gasteiger partial charge in [0.15, 0.2) is 6.10 Å². The summed E-state index contributed by atoms with van der Waals surface area (Å²) in [7, 11) is 0. The third kappa shape index (κ3) is 6.62. The zero-order chi connectivity index (χ0) is 19.6. The smallest absolute Gasteiger partial charge is 0.303 e. The van der Waals surface area contributed by atoms with Crippen LogP contribution in [0.1, 0.15) is 19.4 Å². The van der Waals surface area contributed by atoms with Crippen molar-refractivity contribution in [2.75, 3.05) is 19.0 Å². The van der Waals surface area contributed by atoms with Gasteiger partial charge in [-0.2, -0.15) is 0 Å². The van der Waals surface area contributed by atoms with Crippen molar-refractivity contribution < 1.29 is 28.8 Å². The molecule has 1 N–H and O–H groups in total. The molecule has 6 nitrogen and oxygen atoms in total. The first-order chi connectivity index (χ1) is 13.1. The van der Waals surface area contributed by atoms with Crippen LogP contribution in [0.2, 0.25) is 0 Å². The van der Waals surface area contributed by atoms with Crippen LogP contribution in [0.15, 0.2) is 43.0 Å². The molecule has 0 unspecified atom stereocenters. The monoisotopic (exact) mass is 396 g/mol. The lowest BCUT2D eigenvalue weighted by molar-refractivity contribution is -0.231. The third-order valence-electron chi connectivity index (χ3n) is 4.05. The highest BCUT2D eigenvalue weighted by Crippen LogP contribution is 2.32. The molecule has 0 radical (unpaired) electrons. The normalized spacial score (nSPS) is 27.9. The Morgan fingerprint density at radius 1 is 1.33 bits per heavy atom. The van der Waals surface area contributed by atoms with Crippen molar-refractivity contribution in [2.24, 2.45) is 0 Å². The molecule has 1 saturated heterocycles. The largest absolute Gasteiger partial charge is 0.456 e. The molecule has 0 amide bonds. The van der Waals surface area contributed by atoms with E-state index >= 15 is 0 Å². The molecule has 27 heavy (non-hydrogen) atoms. The Kier molecular flexibility index (Phi) is 9.30. The van der Waals surface area contributed by atoms with E-state index < -0.39 is 35.8 Å². The van der Waals surface area contributed by atoms with Crippen molar-refractivity contribution in [2.45, 2.75) is 50.3 Å². The van der Waals surface area contributed by atoms with Crippen LogP contribution in [0, 0.1) is 0 Å². The van der Waals surface area contributed by atoms with E-state index in [2.05, 4.69) is 6.58 Å². The Balaban J connectivity index is 2.05. The first-order valence-corrected chi connectivity index (χ1v) is 10.1. The summed E-state index contributed by atoms with van der Waals surface area (Å²) in [6.45, 7) is 7.83. The molecule has 1 aromatic carbocycles. The molecule has 5 atom stereocenters. The molecule has 1 fully saturated rings. The van der Waals surface area contributed by atoms with E-state index in [0.717, 1.165) is 11.3 Å². The maximum absolute atomic E-state index is 11.5. The molecule has 0 aliphatic carbocycles. The van der Waals surface area contributed by atoms with E-state index in [-0.39, 0.29) is 13.2 Å². The van der Waals surface area contributed by atoms with Gasteiger partial charge in [0.1, 0.15) is 23.7 Å². The number of aliphatic hydroxyl groups is 1. The van der Waals surface area contributed by atoms with Gasteiger partial charge in [-0.1, -0.05) is 43.3 Å². The molecule has 1 heterocycles. The second-order valence-corrected chi connectivity index (χ2v) is 7.53.